The summed E-state index contributed by atoms with van der Waals surface area (Å²) in [4.78, 5) is 6.54. The molecule has 0 saturated carbocycles. The lowest BCUT2D eigenvalue weighted by Crippen LogP contribution is -2.36. The van der Waals surface area contributed by atoms with Gasteiger partial charge in [-0.2, -0.15) is 0 Å². The van der Waals surface area contributed by atoms with Crippen LogP contribution in [0.5, 0.6) is 0 Å². The number of anilines is 1. The summed E-state index contributed by atoms with van der Waals surface area (Å²) < 4.78 is 5.35. The van der Waals surface area contributed by atoms with E-state index < -0.39 is 0 Å². The van der Waals surface area contributed by atoms with Crippen LogP contribution >= 0.6 is 11.6 Å². The number of allylic oxidation sites excluding steroid dienone is 2. The molecule has 6 heteroatoms. The Labute approximate surface area is 133 Å². The van der Waals surface area contributed by atoms with E-state index in [9.17, 15) is 5.11 Å². The molecule has 0 unspecified atom stereocenters. The smallest absolute Gasteiger partial charge is 0.177 e. The van der Waals surface area contributed by atoms with Gasteiger partial charge >= 0.3 is 0 Å². The third kappa shape index (κ3) is 2.86. The maximum absolute atomic E-state index is 9.61. The molecule has 22 heavy (non-hydrogen) atoms. The lowest BCUT2D eigenvalue weighted by atomic mass is 10.1. The van der Waals surface area contributed by atoms with Crippen molar-refractivity contribution in [2.75, 3.05) is 25.6 Å². The van der Waals surface area contributed by atoms with Gasteiger partial charge in [0.25, 0.3) is 0 Å². The van der Waals surface area contributed by atoms with Gasteiger partial charge in [0.05, 0.1) is 20.3 Å². The van der Waals surface area contributed by atoms with Crippen molar-refractivity contribution in [2.24, 2.45) is 4.99 Å². The monoisotopic (exact) mass is 317 g/mol. The molecular weight excluding hydrogens is 302 g/mol. The van der Waals surface area contributed by atoms with Crippen LogP contribution in [0, 0.1) is 0 Å². The molecule has 2 heterocycles. The van der Waals surface area contributed by atoms with E-state index in [-0.39, 0.29) is 6.61 Å². The number of rotatable bonds is 4. The third-order valence-electron chi connectivity index (χ3n) is 3.44. The number of amidine groups is 1. The Morgan fingerprint density at radius 3 is 2.82 bits per heavy atom. The minimum absolute atomic E-state index is 0.0664. The number of aliphatic hydroxyl groups is 1. The zero-order valence-corrected chi connectivity index (χ0v) is 12.8. The van der Waals surface area contributed by atoms with Crippen LogP contribution in [0.2, 0.25) is 5.02 Å². The molecule has 0 bridgehead atoms. The normalized spacial score (nSPS) is 17.0. The lowest BCUT2D eigenvalue weighted by Gasteiger charge is -2.31. The maximum Gasteiger partial charge on any atom is 0.177 e. The number of nitrogens with zero attached hydrogens (tertiary/aromatic N) is 2. The van der Waals surface area contributed by atoms with Gasteiger partial charge in [-0.15, -0.1) is 0 Å². The van der Waals surface area contributed by atoms with Crippen LogP contribution in [0.4, 0.5) is 5.69 Å². The Bertz CT molecular complexity index is 690. The second kappa shape index (κ2) is 6.25. The van der Waals surface area contributed by atoms with E-state index >= 15 is 0 Å². The van der Waals surface area contributed by atoms with E-state index in [0.717, 1.165) is 17.1 Å². The molecule has 2 aliphatic heterocycles. The molecule has 0 radical (unpaired) electrons. The number of aliphatic imine (C=N–C) groups is 1. The van der Waals surface area contributed by atoms with Crippen LogP contribution < -0.4 is 5.32 Å². The van der Waals surface area contributed by atoms with Crippen molar-refractivity contribution in [3.63, 3.8) is 0 Å². The number of fused-ring (bicyclic) bond motifs is 1. The first kappa shape index (κ1) is 14.7. The predicted molar refractivity (Wildman–Crippen MR) is 87.6 cm³/mol. The second-order valence-electron chi connectivity index (χ2n) is 4.88. The van der Waals surface area contributed by atoms with Gasteiger partial charge in [-0.1, -0.05) is 11.6 Å². The van der Waals surface area contributed by atoms with Crippen molar-refractivity contribution in [2.45, 2.75) is 0 Å². The molecule has 1 aromatic rings. The van der Waals surface area contributed by atoms with E-state index in [1.54, 1.807) is 19.2 Å². The van der Waals surface area contributed by atoms with E-state index in [4.69, 9.17) is 16.3 Å². The van der Waals surface area contributed by atoms with Crippen LogP contribution in [-0.4, -0.2) is 36.1 Å². The van der Waals surface area contributed by atoms with Gasteiger partial charge in [-0.05, 0) is 36.4 Å². The second-order valence-corrected chi connectivity index (χ2v) is 5.32. The largest absolute Gasteiger partial charge is 0.493 e. The summed E-state index contributed by atoms with van der Waals surface area (Å²) >= 11 is 5.89. The molecule has 1 aromatic carbocycles. The number of aliphatic hydroxyl groups excluding tert-OH is 1. The standard InChI is InChI=1S/C16H16ClN3O2/c1-22-14-3-2-8-20-9-11(10-21)15(19-16(14)20)18-13-6-4-12(17)5-7-13/h2-8,18,21H,9-10H2,1H3. The summed E-state index contributed by atoms with van der Waals surface area (Å²) in [6.07, 6.45) is 5.67. The minimum atomic E-state index is -0.0664. The van der Waals surface area contributed by atoms with Crippen LogP contribution in [-0.2, 0) is 4.74 Å². The summed E-state index contributed by atoms with van der Waals surface area (Å²) in [6, 6.07) is 7.33. The van der Waals surface area contributed by atoms with E-state index in [0.29, 0.717) is 23.1 Å². The highest BCUT2D eigenvalue weighted by molar-refractivity contribution is 6.30. The number of methoxy groups -OCH3 is 1. The molecule has 114 valence electrons. The molecule has 0 saturated heterocycles. The average Bonchev–Trinajstić information content (AvgIpc) is 2.55. The lowest BCUT2D eigenvalue weighted by molar-refractivity contribution is 0.298. The molecule has 0 aliphatic carbocycles. The Morgan fingerprint density at radius 2 is 2.14 bits per heavy atom. The molecule has 0 atom stereocenters. The fourth-order valence-corrected chi connectivity index (χ4v) is 2.43. The van der Waals surface area contributed by atoms with Gasteiger partial charge in [0, 0.05) is 22.5 Å². The van der Waals surface area contributed by atoms with Crippen molar-refractivity contribution >= 4 is 23.1 Å². The first-order valence-electron chi connectivity index (χ1n) is 6.85. The summed E-state index contributed by atoms with van der Waals surface area (Å²) in [5, 5.41) is 13.5. The van der Waals surface area contributed by atoms with Crippen molar-refractivity contribution in [1.29, 1.82) is 0 Å². The van der Waals surface area contributed by atoms with Gasteiger partial charge in [0.1, 0.15) is 5.82 Å². The highest BCUT2D eigenvalue weighted by Crippen LogP contribution is 2.24. The van der Waals surface area contributed by atoms with E-state index in [2.05, 4.69) is 10.3 Å². The Balaban J connectivity index is 1.92. The number of hydrogen-bond donors (Lipinski definition) is 2. The predicted octanol–water partition coefficient (Wildman–Crippen LogP) is 2.73. The molecule has 2 N–H and O–H groups in total. The maximum atomic E-state index is 9.61. The minimum Gasteiger partial charge on any atom is -0.493 e. The third-order valence-corrected chi connectivity index (χ3v) is 3.69. The van der Waals surface area contributed by atoms with Crippen molar-refractivity contribution < 1.29 is 9.84 Å². The Hall–Kier alpha value is -2.24. The molecule has 5 nitrogen and oxygen atoms in total. The van der Waals surface area contributed by atoms with E-state index in [1.807, 2.05) is 35.4 Å². The Morgan fingerprint density at radius 1 is 1.36 bits per heavy atom. The van der Waals surface area contributed by atoms with Gasteiger partial charge in [0.2, 0.25) is 0 Å². The average molecular weight is 318 g/mol. The number of nitrogens with one attached hydrogen (secondary N) is 1. The summed E-state index contributed by atoms with van der Waals surface area (Å²) in [6.45, 7) is 0.492. The van der Waals surface area contributed by atoms with Gasteiger partial charge in [0.15, 0.2) is 11.6 Å². The van der Waals surface area contributed by atoms with Crippen LogP contribution in [0.25, 0.3) is 0 Å². The first-order chi connectivity index (χ1) is 10.7. The quantitative estimate of drug-likeness (QED) is 0.896. The SMILES string of the molecule is COC1=CC=CN2CC(CO)=C(Nc3ccc(Cl)cc3)N=C12. The molecule has 0 spiro atoms. The molecular formula is C16H16ClN3O2. The fraction of sp³-hybridized carbons (Fsp3) is 0.188. The first-order valence-corrected chi connectivity index (χ1v) is 7.22. The zero-order chi connectivity index (χ0) is 15.5. The topological polar surface area (TPSA) is 57.1 Å². The molecule has 0 amide bonds. The van der Waals surface area contributed by atoms with Crippen LogP contribution in [0.1, 0.15) is 0 Å². The number of hydrogen-bond acceptors (Lipinski definition) is 5. The highest BCUT2D eigenvalue weighted by atomic mass is 35.5. The van der Waals surface area contributed by atoms with Gasteiger partial charge in [-0.25, -0.2) is 4.99 Å². The summed E-state index contributed by atoms with van der Waals surface area (Å²) in [7, 11) is 1.61. The molecule has 0 aromatic heterocycles. The van der Waals surface area contributed by atoms with Gasteiger partial charge < -0.3 is 20.1 Å². The van der Waals surface area contributed by atoms with Gasteiger partial charge in [-0.3, -0.25) is 0 Å². The number of benzene rings is 1. The molecule has 3 rings (SSSR count). The molecule has 0 fully saturated rings. The van der Waals surface area contributed by atoms with E-state index in [1.165, 1.54) is 0 Å². The summed E-state index contributed by atoms with van der Waals surface area (Å²) in [5.41, 5.74) is 1.66. The number of ether oxygens (including phenoxy) is 1. The van der Waals surface area contributed by atoms with Crippen LogP contribution in [0.15, 0.2) is 64.8 Å². The Kier molecular flexibility index (Phi) is 4.18. The van der Waals surface area contributed by atoms with Crippen molar-refractivity contribution in [1.82, 2.24) is 4.90 Å². The molecule has 2 aliphatic rings. The fourth-order valence-electron chi connectivity index (χ4n) is 2.30. The number of halogens is 1. The van der Waals surface area contributed by atoms with Crippen LogP contribution in [0.3, 0.4) is 0 Å². The van der Waals surface area contributed by atoms with Crippen molar-refractivity contribution in [3.05, 3.63) is 64.8 Å². The zero-order valence-electron chi connectivity index (χ0n) is 12.1. The van der Waals surface area contributed by atoms with Crippen molar-refractivity contribution in [3.8, 4) is 0 Å². The summed E-state index contributed by atoms with van der Waals surface area (Å²) in [5.74, 6) is 2.04. The highest BCUT2D eigenvalue weighted by Gasteiger charge is 2.25.